The van der Waals surface area contributed by atoms with E-state index in [0.29, 0.717) is 0 Å². The lowest BCUT2D eigenvalue weighted by atomic mass is 10.2. The molecule has 0 aliphatic rings. The van der Waals surface area contributed by atoms with E-state index in [2.05, 4.69) is 45.7 Å². The molecule has 1 aromatic heterocycles. The Morgan fingerprint density at radius 3 is 3.08 bits per heavy atom. The fraction of sp³-hybridized carbons (Fsp3) is 0.200. The van der Waals surface area contributed by atoms with Crippen LogP contribution in [-0.4, -0.2) is 0 Å². The first-order chi connectivity index (χ1) is 5.83. The van der Waals surface area contributed by atoms with Crippen LogP contribution in [0.25, 0.3) is 0 Å². The second-order valence-electron chi connectivity index (χ2n) is 2.59. The Balaban J connectivity index is 2.41. The van der Waals surface area contributed by atoms with Gasteiger partial charge in [0.1, 0.15) is 0 Å². The van der Waals surface area contributed by atoms with Gasteiger partial charge in [0.15, 0.2) is 0 Å². The van der Waals surface area contributed by atoms with Crippen LogP contribution in [0.1, 0.15) is 12.5 Å². The van der Waals surface area contributed by atoms with E-state index in [1.807, 2.05) is 6.07 Å². The summed E-state index contributed by atoms with van der Waals surface area (Å²) in [6.45, 7) is 2.08. The number of halogens is 1. The van der Waals surface area contributed by atoms with Crippen LogP contribution < -0.4 is 0 Å². The zero-order chi connectivity index (χ0) is 8.81. The summed E-state index contributed by atoms with van der Waals surface area (Å²) in [7, 11) is 0. The molecule has 0 saturated heterocycles. The Morgan fingerprint density at radius 2 is 2.50 bits per heavy atom. The van der Waals surface area contributed by atoms with Crippen molar-refractivity contribution in [3.05, 3.63) is 46.0 Å². The van der Waals surface area contributed by atoms with Gasteiger partial charge in [-0.25, -0.2) is 0 Å². The molecule has 0 fully saturated rings. The van der Waals surface area contributed by atoms with Gasteiger partial charge >= 0.3 is 0 Å². The van der Waals surface area contributed by atoms with Crippen molar-refractivity contribution in [1.82, 2.24) is 0 Å². The van der Waals surface area contributed by atoms with Crippen molar-refractivity contribution < 1.29 is 4.42 Å². The molecule has 1 rings (SSSR count). The van der Waals surface area contributed by atoms with Crippen molar-refractivity contribution >= 4 is 22.6 Å². The Kier molecular flexibility index (Phi) is 4.14. The molecule has 0 aliphatic heterocycles. The van der Waals surface area contributed by atoms with E-state index in [-0.39, 0.29) is 0 Å². The summed E-state index contributed by atoms with van der Waals surface area (Å²) in [5.74, 6) is 0. The molecule has 0 radical (unpaired) electrons. The molecular formula is C10H11IO. The quantitative estimate of drug-likeness (QED) is 0.604. The number of hydrogen-bond acceptors (Lipinski definition) is 1. The second kappa shape index (κ2) is 5.19. The van der Waals surface area contributed by atoms with E-state index in [1.165, 1.54) is 11.1 Å². The van der Waals surface area contributed by atoms with E-state index in [4.69, 9.17) is 4.42 Å². The zero-order valence-corrected chi connectivity index (χ0v) is 9.11. The molecule has 0 N–H and O–H groups in total. The largest absolute Gasteiger partial charge is 0.472 e. The maximum atomic E-state index is 4.95. The molecule has 64 valence electrons. The van der Waals surface area contributed by atoms with Gasteiger partial charge in [-0.1, -0.05) is 34.7 Å². The summed E-state index contributed by atoms with van der Waals surface area (Å²) < 4.78 is 7.01. The highest BCUT2D eigenvalue weighted by Crippen LogP contribution is 2.04. The fourth-order valence-electron chi connectivity index (χ4n) is 0.826. The van der Waals surface area contributed by atoms with Crippen molar-refractivity contribution in [2.75, 3.05) is 0 Å². The minimum atomic E-state index is 0.943. The van der Waals surface area contributed by atoms with Crippen LogP contribution in [0.5, 0.6) is 0 Å². The van der Waals surface area contributed by atoms with Gasteiger partial charge in [-0.15, -0.1) is 0 Å². The molecule has 0 aliphatic carbocycles. The lowest BCUT2D eigenvalue weighted by Gasteiger charge is -1.87. The number of furan rings is 1. The summed E-state index contributed by atoms with van der Waals surface area (Å²) in [5, 5.41) is 0. The topological polar surface area (TPSA) is 13.1 Å². The summed E-state index contributed by atoms with van der Waals surface area (Å²) >= 11 is 2.23. The van der Waals surface area contributed by atoms with Crippen molar-refractivity contribution in [1.29, 1.82) is 0 Å². The Morgan fingerprint density at radius 1 is 1.67 bits per heavy atom. The first-order valence-electron chi connectivity index (χ1n) is 3.77. The smallest absolute Gasteiger partial charge is 0.0937 e. The van der Waals surface area contributed by atoms with Crippen molar-refractivity contribution in [2.24, 2.45) is 0 Å². The molecule has 0 spiro atoms. The molecule has 0 atom stereocenters. The molecule has 0 saturated carbocycles. The van der Waals surface area contributed by atoms with E-state index in [0.717, 1.165) is 6.42 Å². The highest BCUT2D eigenvalue weighted by molar-refractivity contribution is 14.1. The summed E-state index contributed by atoms with van der Waals surface area (Å²) in [6, 6.07) is 1.98. The summed E-state index contributed by atoms with van der Waals surface area (Å²) in [5.41, 5.74) is 2.49. The summed E-state index contributed by atoms with van der Waals surface area (Å²) in [6.07, 6.45) is 8.66. The normalized spacial score (nSPS) is 12.7. The molecule has 1 nitrogen and oxygen atoms in total. The van der Waals surface area contributed by atoms with Gasteiger partial charge < -0.3 is 4.42 Å². The average molecular weight is 274 g/mol. The van der Waals surface area contributed by atoms with Crippen LogP contribution in [0.2, 0.25) is 0 Å². The van der Waals surface area contributed by atoms with Crippen LogP contribution in [0.3, 0.4) is 0 Å². The van der Waals surface area contributed by atoms with Gasteiger partial charge in [0.05, 0.1) is 12.5 Å². The highest BCUT2D eigenvalue weighted by Gasteiger charge is 1.88. The molecule has 0 aromatic carbocycles. The SMILES string of the molecule is CC(=C/I)/C=C/Cc1ccoc1. The van der Waals surface area contributed by atoms with Gasteiger partial charge in [-0.2, -0.15) is 0 Å². The first kappa shape index (κ1) is 9.58. The highest BCUT2D eigenvalue weighted by atomic mass is 127. The standard InChI is InChI=1S/C10H11IO/c1-9(7-11)3-2-4-10-5-6-12-8-10/h2-3,5-8H,4H2,1H3/b3-2+,9-7-. The number of allylic oxidation sites excluding steroid dienone is 3. The van der Waals surface area contributed by atoms with Crippen LogP contribution in [0, 0.1) is 0 Å². The predicted octanol–water partition coefficient (Wildman–Crippen LogP) is 3.72. The van der Waals surface area contributed by atoms with Crippen molar-refractivity contribution in [3.63, 3.8) is 0 Å². The van der Waals surface area contributed by atoms with Crippen molar-refractivity contribution in [3.8, 4) is 0 Å². The second-order valence-corrected chi connectivity index (χ2v) is 3.21. The van der Waals surface area contributed by atoms with Gasteiger partial charge in [-0.3, -0.25) is 0 Å². The van der Waals surface area contributed by atoms with E-state index < -0.39 is 0 Å². The molecule has 0 amide bonds. The minimum Gasteiger partial charge on any atom is -0.472 e. The lowest BCUT2D eigenvalue weighted by molar-refractivity contribution is 0.565. The monoisotopic (exact) mass is 274 g/mol. The third kappa shape index (κ3) is 3.26. The van der Waals surface area contributed by atoms with E-state index in [1.54, 1.807) is 12.5 Å². The molecular weight excluding hydrogens is 263 g/mol. The number of rotatable bonds is 3. The predicted molar refractivity (Wildman–Crippen MR) is 59.3 cm³/mol. The maximum absolute atomic E-state index is 4.95. The molecule has 12 heavy (non-hydrogen) atoms. The third-order valence-corrected chi connectivity index (χ3v) is 2.47. The van der Waals surface area contributed by atoms with E-state index >= 15 is 0 Å². The van der Waals surface area contributed by atoms with Gasteiger partial charge in [0.2, 0.25) is 0 Å². The van der Waals surface area contributed by atoms with Gasteiger partial charge in [0.25, 0.3) is 0 Å². The average Bonchev–Trinajstić information content (AvgIpc) is 2.57. The van der Waals surface area contributed by atoms with Crippen LogP contribution in [0.15, 0.2) is 44.8 Å². The Bertz CT molecular complexity index is 270. The molecule has 2 heteroatoms. The third-order valence-electron chi connectivity index (χ3n) is 1.49. The van der Waals surface area contributed by atoms with Crippen LogP contribution >= 0.6 is 22.6 Å². The first-order valence-corrected chi connectivity index (χ1v) is 5.02. The maximum Gasteiger partial charge on any atom is 0.0937 e. The molecule has 1 heterocycles. The fourth-order valence-corrected chi connectivity index (χ4v) is 1.03. The van der Waals surface area contributed by atoms with Crippen LogP contribution in [-0.2, 0) is 6.42 Å². The molecule has 1 aromatic rings. The summed E-state index contributed by atoms with van der Waals surface area (Å²) in [4.78, 5) is 0. The molecule has 0 unspecified atom stereocenters. The van der Waals surface area contributed by atoms with E-state index in [9.17, 15) is 0 Å². The zero-order valence-electron chi connectivity index (χ0n) is 6.96. The Hall–Kier alpha value is -0.510. The minimum absolute atomic E-state index is 0.943. The molecule has 0 bridgehead atoms. The van der Waals surface area contributed by atoms with Crippen molar-refractivity contribution in [2.45, 2.75) is 13.3 Å². The number of hydrogen-bond donors (Lipinski definition) is 0. The van der Waals surface area contributed by atoms with Crippen LogP contribution in [0.4, 0.5) is 0 Å². The van der Waals surface area contributed by atoms with Gasteiger partial charge in [-0.05, 0) is 34.6 Å². The lowest BCUT2D eigenvalue weighted by Crippen LogP contribution is -1.73. The Labute approximate surface area is 86.3 Å². The van der Waals surface area contributed by atoms with Gasteiger partial charge in [0, 0.05) is 0 Å².